The van der Waals surface area contributed by atoms with Crippen LogP contribution in [0.2, 0.25) is 0 Å². The van der Waals surface area contributed by atoms with Gasteiger partial charge in [-0.05, 0) is 59.2 Å². The van der Waals surface area contributed by atoms with Crippen molar-refractivity contribution < 1.29 is 19.4 Å². The van der Waals surface area contributed by atoms with Gasteiger partial charge in [0.05, 0.1) is 6.61 Å². The van der Waals surface area contributed by atoms with Crippen LogP contribution in [0.25, 0.3) is 11.1 Å². The van der Waals surface area contributed by atoms with E-state index in [1.807, 2.05) is 24.3 Å². The van der Waals surface area contributed by atoms with Crippen molar-refractivity contribution >= 4 is 5.97 Å². The molecule has 3 aromatic carbocycles. The molecule has 0 amide bonds. The second-order valence-electron chi connectivity index (χ2n) is 9.68. The number of hydrogen-bond acceptors (Lipinski definition) is 3. The third-order valence-corrected chi connectivity index (χ3v) is 7.06. The molecule has 1 aliphatic carbocycles. The van der Waals surface area contributed by atoms with E-state index >= 15 is 0 Å². The second-order valence-corrected chi connectivity index (χ2v) is 9.68. The van der Waals surface area contributed by atoms with Gasteiger partial charge < -0.3 is 14.6 Å². The Hall–Kier alpha value is -3.11. The van der Waals surface area contributed by atoms with E-state index in [1.54, 1.807) is 0 Å². The van der Waals surface area contributed by atoms with Gasteiger partial charge >= 0.3 is 5.97 Å². The van der Waals surface area contributed by atoms with Crippen molar-refractivity contribution in [3.63, 3.8) is 0 Å². The van der Waals surface area contributed by atoms with E-state index in [-0.39, 0.29) is 0 Å². The number of carboxylic acids is 1. The van der Waals surface area contributed by atoms with E-state index in [0.717, 1.165) is 37.0 Å². The van der Waals surface area contributed by atoms with Gasteiger partial charge in [-0.3, -0.25) is 0 Å². The lowest BCUT2D eigenvalue weighted by Gasteiger charge is -2.15. The summed E-state index contributed by atoms with van der Waals surface area (Å²) in [4.78, 5) is 11.6. The van der Waals surface area contributed by atoms with Crippen molar-refractivity contribution in [1.82, 2.24) is 0 Å². The molecule has 190 valence electrons. The molecule has 1 unspecified atom stereocenters. The third-order valence-electron chi connectivity index (χ3n) is 7.06. The van der Waals surface area contributed by atoms with Crippen molar-refractivity contribution in [2.75, 3.05) is 13.2 Å². The fourth-order valence-electron chi connectivity index (χ4n) is 5.13. The van der Waals surface area contributed by atoms with E-state index < -0.39 is 12.1 Å². The van der Waals surface area contributed by atoms with Crippen LogP contribution in [0.15, 0.2) is 72.8 Å². The lowest BCUT2D eigenvalue weighted by molar-refractivity contribution is -0.150. The number of ether oxygens (including phenoxy) is 2. The summed E-state index contributed by atoms with van der Waals surface area (Å²) in [5, 5.41) is 9.54. The molecular weight excluding hydrogens is 448 g/mol. The fourth-order valence-corrected chi connectivity index (χ4v) is 5.13. The van der Waals surface area contributed by atoms with Crippen LogP contribution < -0.4 is 4.74 Å². The second kappa shape index (κ2) is 13.3. The number of fused-ring (bicyclic) bond motifs is 3. The highest BCUT2D eigenvalue weighted by atomic mass is 16.5. The Kier molecular flexibility index (Phi) is 9.57. The van der Waals surface area contributed by atoms with Crippen LogP contribution >= 0.6 is 0 Å². The van der Waals surface area contributed by atoms with E-state index in [4.69, 9.17) is 9.47 Å². The number of rotatable bonds is 15. The molecule has 1 atom stereocenters. The van der Waals surface area contributed by atoms with E-state index in [2.05, 4.69) is 55.5 Å². The van der Waals surface area contributed by atoms with Gasteiger partial charge in [-0.15, -0.1) is 0 Å². The quantitative estimate of drug-likeness (QED) is 0.224. The molecule has 0 aliphatic heterocycles. The first-order valence-electron chi connectivity index (χ1n) is 13.4. The first kappa shape index (κ1) is 26.0. The van der Waals surface area contributed by atoms with Crippen LogP contribution in [-0.2, 0) is 16.0 Å². The Morgan fingerprint density at radius 1 is 0.806 bits per heavy atom. The van der Waals surface area contributed by atoms with Gasteiger partial charge in [0.2, 0.25) is 0 Å². The minimum Gasteiger partial charge on any atom is -0.494 e. The zero-order valence-electron chi connectivity index (χ0n) is 21.3. The lowest BCUT2D eigenvalue weighted by Crippen LogP contribution is -2.26. The van der Waals surface area contributed by atoms with Crippen molar-refractivity contribution in [3.05, 3.63) is 89.5 Å². The van der Waals surface area contributed by atoms with Crippen molar-refractivity contribution in [1.29, 1.82) is 0 Å². The van der Waals surface area contributed by atoms with Crippen LogP contribution in [0.3, 0.4) is 0 Å². The maximum Gasteiger partial charge on any atom is 0.333 e. The molecule has 4 rings (SSSR count). The summed E-state index contributed by atoms with van der Waals surface area (Å²) < 4.78 is 11.7. The molecule has 4 heteroatoms. The molecular formula is C32H38O4. The molecule has 36 heavy (non-hydrogen) atoms. The first-order chi connectivity index (χ1) is 17.7. The van der Waals surface area contributed by atoms with Crippen molar-refractivity contribution in [3.8, 4) is 16.9 Å². The van der Waals surface area contributed by atoms with Gasteiger partial charge in [-0.2, -0.15) is 0 Å². The summed E-state index contributed by atoms with van der Waals surface area (Å²) in [5.74, 6) is 0.330. The Balaban J connectivity index is 1.22. The molecule has 0 bridgehead atoms. The van der Waals surface area contributed by atoms with Crippen LogP contribution in [0.4, 0.5) is 0 Å². The predicted octanol–water partition coefficient (Wildman–Crippen LogP) is 7.64. The summed E-state index contributed by atoms with van der Waals surface area (Å²) in [6, 6.07) is 25.2. The van der Waals surface area contributed by atoms with Gasteiger partial charge in [-0.1, -0.05) is 93.3 Å². The summed E-state index contributed by atoms with van der Waals surface area (Å²) in [7, 11) is 0. The van der Waals surface area contributed by atoms with Crippen LogP contribution in [0, 0.1) is 0 Å². The van der Waals surface area contributed by atoms with E-state index in [9.17, 15) is 9.90 Å². The molecule has 4 nitrogen and oxygen atoms in total. The Bertz CT molecular complexity index is 1060. The van der Waals surface area contributed by atoms with Gasteiger partial charge in [-0.25, -0.2) is 4.79 Å². The number of benzene rings is 3. The summed E-state index contributed by atoms with van der Waals surface area (Å²) in [5.41, 5.74) is 6.49. The SMILES string of the molecule is CCCCCCCOC(Cc1ccc(OCCCC2c3ccccc3-c3ccccc32)cc1)C(=O)O. The molecule has 0 radical (unpaired) electrons. The number of hydrogen-bond donors (Lipinski definition) is 1. The topological polar surface area (TPSA) is 55.8 Å². The van der Waals surface area contributed by atoms with E-state index in [1.165, 1.54) is 41.5 Å². The first-order valence-corrected chi connectivity index (χ1v) is 13.4. The molecule has 0 saturated carbocycles. The molecule has 1 N–H and O–H groups in total. The Morgan fingerprint density at radius 2 is 1.44 bits per heavy atom. The zero-order valence-corrected chi connectivity index (χ0v) is 21.3. The molecule has 1 aliphatic rings. The van der Waals surface area contributed by atoms with Gasteiger partial charge in [0.25, 0.3) is 0 Å². The monoisotopic (exact) mass is 486 g/mol. The highest BCUT2D eigenvalue weighted by Crippen LogP contribution is 2.46. The smallest absolute Gasteiger partial charge is 0.333 e. The van der Waals surface area contributed by atoms with Gasteiger partial charge in [0.1, 0.15) is 5.75 Å². The minimum absolute atomic E-state index is 0.366. The molecule has 0 heterocycles. The number of unbranched alkanes of at least 4 members (excludes halogenated alkanes) is 4. The maximum absolute atomic E-state index is 11.6. The average Bonchev–Trinajstić information content (AvgIpc) is 3.22. The van der Waals surface area contributed by atoms with Crippen molar-refractivity contribution in [2.24, 2.45) is 0 Å². The minimum atomic E-state index is -0.904. The van der Waals surface area contributed by atoms with Gasteiger partial charge in [0.15, 0.2) is 6.10 Å². The summed E-state index contributed by atoms with van der Waals surface area (Å²) in [6.07, 6.45) is 7.16. The highest BCUT2D eigenvalue weighted by Gasteiger charge is 2.27. The highest BCUT2D eigenvalue weighted by molar-refractivity contribution is 5.78. The van der Waals surface area contributed by atoms with Gasteiger partial charge in [0, 0.05) is 18.9 Å². The Morgan fingerprint density at radius 3 is 2.08 bits per heavy atom. The van der Waals surface area contributed by atoms with Crippen molar-refractivity contribution in [2.45, 2.75) is 70.3 Å². The number of aliphatic carboxylic acids is 1. The molecule has 3 aromatic rings. The molecule has 0 aromatic heterocycles. The Labute approximate surface area is 215 Å². The standard InChI is InChI=1S/C32H38O4/c1-2-3-4-5-10-21-36-31(32(33)34)23-24-17-19-25(20-18-24)35-22-11-16-30-28-14-8-6-12-26(28)27-13-7-9-15-29(27)30/h6-9,12-15,17-20,30-31H,2-5,10-11,16,21-23H2,1H3,(H,33,34). The normalized spacial score (nSPS) is 13.2. The van der Waals surface area contributed by atoms with Crippen LogP contribution in [-0.4, -0.2) is 30.4 Å². The summed E-state index contributed by atoms with van der Waals surface area (Å²) >= 11 is 0. The maximum atomic E-state index is 11.6. The molecule has 0 spiro atoms. The van der Waals surface area contributed by atoms with E-state index in [0.29, 0.717) is 25.6 Å². The molecule has 0 saturated heterocycles. The predicted molar refractivity (Wildman–Crippen MR) is 145 cm³/mol. The van der Waals surface area contributed by atoms with Crippen LogP contribution in [0.1, 0.15) is 74.5 Å². The number of carboxylic acid groups (broad SMARTS) is 1. The number of carbonyl (C=O) groups is 1. The average molecular weight is 487 g/mol. The fraction of sp³-hybridized carbons (Fsp3) is 0.406. The zero-order chi connectivity index (χ0) is 25.2. The third kappa shape index (κ3) is 6.76. The largest absolute Gasteiger partial charge is 0.494 e. The summed E-state index contributed by atoms with van der Waals surface area (Å²) in [6.45, 7) is 3.33. The van der Waals surface area contributed by atoms with Crippen LogP contribution in [0.5, 0.6) is 5.75 Å². The lowest BCUT2D eigenvalue weighted by atomic mass is 9.92. The molecule has 0 fully saturated rings.